The van der Waals surface area contributed by atoms with Gasteiger partial charge in [-0.2, -0.15) is 0 Å². The lowest BCUT2D eigenvalue weighted by atomic mass is 10.0. The van der Waals surface area contributed by atoms with E-state index in [1.807, 2.05) is 0 Å². The molecule has 1 unspecified atom stereocenters. The van der Waals surface area contributed by atoms with Crippen molar-refractivity contribution in [2.24, 2.45) is 5.92 Å². The fraction of sp³-hybridized carbons (Fsp3) is 0.500. The first-order valence-corrected chi connectivity index (χ1v) is 6.95. The third-order valence-electron chi connectivity index (χ3n) is 2.69. The highest BCUT2D eigenvalue weighted by Crippen LogP contribution is 2.24. The maximum atomic E-state index is 12.1. The van der Waals surface area contributed by atoms with Gasteiger partial charge in [-0.25, -0.2) is 18.4 Å². The van der Waals surface area contributed by atoms with Crippen LogP contribution in [0.15, 0.2) is 12.4 Å². The first-order valence-electron chi connectivity index (χ1n) is 5.13. The van der Waals surface area contributed by atoms with Gasteiger partial charge in [0.25, 0.3) is 0 Å². The van der Waals surface area contributed by atoms with E-state index in [2.05, 4.69) is 9.97 Å². The molecular weight excluding hydrogens is 244 g/mol. The molecule has 1 saturated heterocycles. The summed E-state index contributed by atoms with van der Waals surface area (Å²) < 4.78 is 27.6. The van der Waals surface area contributed by atoms with Gasteiger partial charge in [0.2, 0.25) is 5.88 Å². The summed E-state index contributed by atoms with van der Waals surface area (Å²) in [5.74, 6) is -0.735. The molecule has 0 aromatic carbocycles. The molecule has 0 amide bonds. The number of Topliss-reactive ketones (excluding diaryl/α,β-unsaturated/α-hetero) is 1. The predicted molar refractivity (Wildman–Crippen MR) is 59.7 cm³/mol. The molecule has 1 fully saturated rings. The van der Waals surface area contributed by atoms with Crippen molar-refractivity contribution in [3.05, 3.63) is 18.1 Å². The highest BCUT2D eigenvalue weighted by molar-refractivity contribution is 7.91. The van der Waals surface area contributed by atoms with Crippen LogP contribution < -0.4 is 4.74 Å². The first-order chi connectivity index (χ1) is 8.03. The molecule has 1 aliphatic rings. The maximum absolute atomic E-state index is 12.1. The number of hydrogen-bond acceptors (Lipinski definition) is 6. The van der Waals surface area contributed by atoms with Crippen molar-refractivity contribution in [3.8, 4) is 5.88 Å². The minimum atomic E-state index is -3.08. The van der Waals surface area contributed by atoms with Gasteiger partial charge in [-0.1, -0.05) is 0 Å². The largest absolute Gasteiger partial charge is 0.479 e. The Bertz CT molecular complexity index is 541. The van der Waals surface area contributed by atoms with Crippen molar-refractivity contribution in [1.29, 1.82) is 0 Å². The number of sulfone groups is 1. The van der Waals surface area contributed by atoms with Gasteiger partial charge < -0.3 is 4.74 Å². The Labute approximate surface area is 99.0 Å². The van der Waals surface area contributed by atoms with Crippen LogP contribution >= 0.6 is 0 Å². The Hall–Kier alpha value is -1.50. The molecule has 2 heterocycles. The van der Waals surface area contributed by atoms with Crippen LogP contribution in [0.1, 0.15) is 16.9 Å². The highest BCUT2D eigenvalue weighted by atomic mass is 32.2. The second kappa shape index (κ2) is 4.40. The van der Waals surface area contributed by atoms with E-state index in [1.165, 1.54) is 19.5 Å². The number of carbonyl (C=O) groups excluding carboxylic acids is 1. The molecule has 0 saturated carbocycles. The molecule has 0 N–H and O–H groups in total. The number of rotatable bonds is 3. The van der Waals surface area contributed by atoms with Gasteiger partial charge in [-0.05, 0) is 6.42 Å². The number of carbonyl (C=O) groups is 1. The van der Waals surface area contributed by atoms with Crippen LogP contribution in [-0.2, 0) is 9.84 Å². The number of methoxy groups -OCH3 is 1. The molecule has 1 aliphatic heterocycles. The number of nitrogens with zero attached hydrogens (tertiary/aromatic N) is 2. The lowest BCUT2D eigenvalue weighted by molar-refractivity contribution is 0.0924. The summed E-state index contributed by atoms with van der Waals surface area (Å²) in [7, 11) is -1.68. The molecule has 0 aliphatic carbocycles. The molecule has 0 spiro atoms. The lowest BCUT2D eigenvalue weighted by Gasteiger charge is -2.08. The van der Waals surface area contributed by atoms with E-state index in [9.17, 15) is 13.2 Å². The van der Waals surface area contributed by atoms with Crippen molar-refractivity contribution < 1.29 is 17.9 Å². The summed E-state index contributed by atoms with van der Waals surface area (Å²) in [6.45, 7) is 0. The van der Waals surface area contributed by atoms with Gasteiger partial charge in [0.05, 0.1) is 18.6 Å². The smallest absolute Gasteiger partial charge is 0.243 e. The van der Waals surface area contributed by atoms with Gasteiger partial charge >= 0.3 is 0 Å². The van der Waals surface area contributed by atoms with E-state index in [4.69, 9.17) is 4.74 Å². The fourth-order valence-corrected chi connectivity index (χ4v) is 3.58. The van der Waals surface area contributed by atoms with E-state index >= 15 is 0 Å². The second-order valence-electron chi connectivity index (χ2n) is 3.88. The summed E-state index contributed by atoms with van der Waals surface area (Å²) in [5, 5.41) is 0. The number of ketones is 1. The Morgan fingerprint density at radius 3 is 2.71 bits per heavy atom. The maximum Gasteiger partial charge on any atom is 0.243 e. The Morgan fingerprint density at radius 2 is 2.12 bits per heavy atom. The van der Waals surface area contributed by atoms with E-state index in [0.29, 0.717) is 6.42 Å². The van der Waals surface area contributed by atoms with Crippen molar-refractivity contribution in [2.75, 3.05) is 18.6 Å². The SMILES string of the molecule is COc1nccnc1C(=O)C1CCS(=O)(=O)C1. The van der Waals surface area contributed by atoms with Gasteiger partial charge in [0.15, 0.2) is 21.3 Å². The van der Waals surface area contributed by atoms with Crippen LogP contribution in [0, 0.1) is 5.92 Å². The lowest BCUT2D eigenvalue weighted by Crippen LogP contribution is -2.18. The van der Waals surface area contributed by atoms with Gasteiger partial charge in [0, 0.05) is 18.3 Å². The predicted octanol–water partition coefficient (Wildman–Crippen LogP) is 0.103. The van der Waals surface area contributed by atoms with Crippen LogP contribution in [0.5, 0.6) is 5.88 Å². The van der Waals surface area contributed by atoms with Crippen LogP contribution in [0.3, 0.4) is 0 Å². The molecule has 92 valence electrons. The number of hydrogen-bond donors (Lipinski definition) is 0. The quantitative estimate of drug-likeness (QED) is 0.713. The first kappa shape index (κ1) is 12.0. The van der Waals surface area contributed by atoms with E-state index in [1.54, 1.807) is 0 Å². The molecule has 0 bridgehead atoms. The molecule has 1 aromatic rings. The van der Waals surface area contributed by atoms with Crippen molar-refractivity contribution in [2.45, 2.75) is 6.42 Å². The average molecular weight is 256 g/mol. The van der Waals surface area contributed by atoms with Crippen LogP contribution in [0.25, 0.3) is 0 Å². The standard InChI is InChI=1S/C10H12N2O4S/c1-16-10-8(11-3-4-12-10)9(13)7-2-5-17(14,15)6-7/h3-4,7H,2,5-6H2,1H3. The molecule has 17 heavy (non-hydrogen) atoms. The summed E-state index contributed by atoms with van der Waals surface area (Å²) >= 11 is 0. The van der Waals surface area contributed by atoms with E-state index in [-0.39, 0.29) is 28.9 Å². The molecule has 2 rings (SSSR count). The second-order valence-corrected chi connectivity index (χ2v) is 6.11. The van der Waals surface area contributed by atoms with Crippen LogP contribution in [0.2, 0.25) is 0 Å². The third kappa shape index (κ3) is 2.44. The van der Waals surface area contributed by atoms with Crippen molar-refractivity contribution in [1.82, 2.24) is 9.97 Å². The van der Waals surface area contributed by atoms with E-state index < -0.39 is 15.8 Å². The van der Waals surface area contributed by atoms with Gasteiger partial charge in [-0.3, -0.25) is 4.79 Å². The van der Waals surface area contributed by atoms with Crippen molar-refractivity contribution >= 4 is 15.6 Å². The third-order valence-corrected chi connectivity index (χ3v) is 4.46. The average Bonchev–Trinajstić information content (AvgIpc) is 2.68. The van der Waals surface area contributed by atoms with Gasteiger partial charge in [-0.15, -0.1) is 0 Å². The highest BCUT2D eigenvalue weighted by Gasteiger charge is 2.35. The Balaban J connectivity index is 2.26. The summed E-state index contributed by atoms with van der Waals surface area (Å²) in [4.78, 5) is 19.8. The van der Waals surface area contributed by atoms with Crippen LogP contribution in [-0.4, -0.2) is 42.8 Å². The Kier molecular flexibility index (Phi) is 3.10. The zero-order valence-electron chi connectivity index (χ0n) is 9.29. The molecule has 7 heteroatoms. The summed E-state index contributed by atoms with van der Waals surface area (Å²) in [5.41, 5.74) is 0.108. The monoisotopic (exact) mass is 256 g/mol. The minimum Gasteiger partial charge on any atom is -0.479 e. The topological polar surface area (TPSA) is 86.2 Å². The van der Waals surface area contributed by atoms with E-state index in [0.717, 1.165) is 0 Å². The minimum absolute atomic E-state index is 0.0615. The number of ether oxygens (including phenoxy) is 1. The normalized spacial score (nSPS) is 22.3. The van der Waals surface area contributed by atoms with Crippen molar-refractivity contribution in [3.63, 3.8) is 0 Å². The molecule has 1 atom stereocenters. The fourth-order valence-electron chi connectivity index (χ4n) is 1.84. The molecule has 0 radical (unpaired) electrons. The molecule has 6 nitrogen and oxygen atoms in total. The van der Waals surface area contributed by atoms with Gasteiger partial charge in [0.1, 0.15) is 0 Å². The number of aromatic nitrogens is 2. The summed E-state index contributed by atoms with van der Waals surface area (Å²) in [6.07, 6.45) is 3.15. The zero-order chi connectivity index (χ0) is 12.5. The van der Waals surface area contributed by atoms with Crippen LogP contribution in [0.4, 0.5) is 0 Å². The Morgan fingerprint density at radius 1 is 1.41 bits per heavy atom. The molecular formula is C10H12N2O4S. The summed E-state index contributed by atoms with van der Waals surface area (Å²) in [6, 6.07) is 0. The molecule has 1 aromatic heterocycles. The zero-order valence-corrected chi connectivity index (χ0v) is 10.1.